The van der Waals surface area contributed by atoms with Crippen molar-refractivity contribution in [3.8, 4) is 28.4 Å². The van der Waals surface area contributed by atoms with Gasteiger partial charge < -0.3 is 5.11 Å². The summed E-state index contributed by atoms with van der Waals surface area (Å²) in [6.45, 7) is 4.09. The number of aromatic hydroxyl groups is 1. The summed E-state index contributed by atoms with van der Waals surface area (Å²) in [4.78, 5) is 9.12. The van der Waals surface area contributed by atoms with Gasteiger partial charge in [0, 0.05) is 24.0 Å². The molecule has 0 saturated carbocycles. The maximum atomic E-state index is 11.0. The summed E-state index contributed by atoms with van der Waals surface area (Å²) in [7, 11) is 0. The topological polar surface area (TPSA) is 118 Å². The number of aryl methyl sites for hydroxylation is 2. The van der Waals surface area contributed by atoms with Gasteiger partial charge in [0.25, 0.3) is 5.78 Å². The predicted octanol–water partition coefficient (Wildman–Crippen LogP) is 3.78. The summed E-state index contributed by atoms with van der Waals surface area (Å²) in [5.41, 5.74) is 5.76. The lowest BCUT2D eigenvalue weighted by molar-refractivity contribution is 0.426. The molecular weight excluding hydrogens is 416 g/mol. The summed E-state index contributed by atoms with van der Waals surface area (Å²) in [6.07, 6.45) is 2.94. The van der Waals surface area contributed by atoms with Gasteiger partial charge in [-0.1, -0.05) is 68.8 Å². The van der Waals surface area contributed by atoms with Crippen LogP contribution in [0.15, 0.2) is 48.5 Å². The first-order chi connectivity index (χ1) is 16.2. The van der Waals surface area contributed by atoms with Crippen molar-refractivity contribution >= 4 is 5.78 Å². The molecule has 0 bridgehead atoms. The molecule has 9 nitrogen and oxygen atoms in total. The van der Waals surface area contributed by atoms with Gasteiger partial charge in [0.15, 0.2) is 11.6 Å². The Labute approximate surface area is 190 Å². The van der Waals surface area contributed by atoms with Crippen molar-refractivity contribution in [3.05, 3.63) is 71.2 Å². The Kier molecular flexibility index (Phi) is 5.52. The molecule has 5 aromatic rings. The number of nitrogens with one attached hydrogen (secondary N) is 1. The van der Waals surface area contributed by atoms with Gasteiger partial charge in [0.1, 0.15) is 0 Å². The SMILES string of the molecule is CCCc1nc2nc(CC)nn2c(O)c1Cc1ccc(-c2ccccc2-c2nnn[nH]2)cc1. The van der Waals surface area contributed by atoms with E-state index < -0.39 is 0 Å². The molecule has 166 valence electrons. The minimum atomic E-state index is 0.114. The number of hydrogen-bond donors (Lipinski definition) is 2. The Morgan fingerprint density at radius 2 is 1.76 bits per heavy atom. The van der Waals surface area contributed by atoms with Crippen LogP contribution in [-0.4, -0.2) is 45.3 Å². The second-order valence-electron chi connectivity index (χ2n) is 7.87. The average molecular weight is 441 g/mol. The fourth-order valence-corrected chi connectivity index (χ4v) is 4.00. The molecule has 0 fully saturated rings. The second-order valence-corrected chi connectivity index (χ2v) is 7.87. The van der Waals surface area contributed by atoms with Crippen LogP contribution in [-0.2, 0) is 19.3 Å². The monoisotopic (exact) mass is 440 g/mol. The summed E-state index contributed by atoms with van der Waals surface area (Å²) >= 11 is 0. The van der Waals surface area contributed by atoms with Crippen LogP contribution in [0.2, 0.25) is 0 Å². The zero-order valence-electron chi connectivity index (χ0n) is 18.5. The van der Waals surface area contributed by atoms with Gasteiger partial charge in [0.05, 0.1) is 5.69 Å². The Balaban J connectivity index is 1.49. The van der Waals surface area contributed by atoms with Crippen LogP contribution < -0.4 is 0 Å². The summed E-state index contributed by atoms with van der Waals surface area (Å²) in [6, 6.07) is 16.3. The van der Waals surface area contributed by atoms with E-state index >= 15 is 0 Å². The second kappa shape index (κ2) is 8.78. The predicted molar refractivity (Wildman–Crippen MR) is 124 cm³/mol. The molecule has 9 heteroatoms. The van der Waals surface area contributed by atoms with Crippen molar-refractivity contribution in [2.75, 3.05) is 0 Å². The molecule has 0 aliphatic carbocycles. The molecule has 0 saturated heterocycles. The first kappa shape index (κ1) is 20.7. The van der Waals surface area contributed by atoms with Crippen LogP contribution in [0.4, 0.5) is 0 Å². The normalized spacial score (nSPS) is 11.3. The number of benzene rings is 2. The molecule has 0 aliphatic rings. The fourth-order valence-electron chi connectivity index (χ4n) is 4.00. The van der Waals surface area contributed by atoms with Crippen LogP contribution in [0, 0.1) is 0 Å². The minimum Gasteiger partial charge on any atom is -0.493 e. The number of aromatic nitrogens is 8. The standard InChI is InChI=1S/C24H24N8O/c1-3-7-20-19(23(33)32-24(25-20)26-21(4-2)29-32)14-15-10-12-16(13-11-15)17-8-5-6-9-18(17)22-27-30-31-28-22/h5-6,8-13,33H,3-4,7,14H2,1-2H3,(H,27,28,30,31). The lowest BCUT2D eigenvalue weighted by Crippen LogP contribution is -2.05. The van der Waals surface area contributed by atoms with Crippen molar-refractivity contribution in [3.63, 3.8) is 0 Å². The zero-order chi connectivity index (χ0) is 22.8. The Morgan fingerprint density at radius 3 is 2.45 bits per heavy atom. The van der Waals surface area contributed by atoms with E-state index in [1.54, 1.807) is 0 Å². The molecule has 33 heavy (non-hydrogen) atoms. The Hall–Kier alpha value is -4.14. The lowest BCUT2D eigenvalue weighted by Gasteiger charge is -2.12. The first-order valence-electron chi connectivity index (χ1n) is 11.1. The number of H-pyrrole nitrogens is 1. The van der Waals surface area contributed by atoms with Crippen LogP contribution in [0.5, 0.6) is 5.88 Å². The summed E-state index contributed by atoms with van der Waals surface area (Å²) in [5, 5.41) is 29.7. The third kappa shape index (κ3) is 3.93. The van der Waals surface area contributed by atoms with E-state index in [4.69, 9.17) is 4.98 Å². The van der Waals surface area contributed by atoms with E-state index in [0.717, 1.165) is 46.4 Å². The van der Waals surface area contributed by atoms with Gasteiger partial charge in [-0.15, -0.1) is 10.2 Å². The highest BCUT2D eigenvalue weighted by Crippen LogP contribution is 2.31. The fraction of sp³-hybridized carbons (Fsp3) is 0.250. The molecule has 2 N–H and O–H groups in total. The molecule has 0 unspecified atom stereocenters. The van der Waals surface area contributed by atoms with E-state index in [1.165, 1.54) is 4.52 Å². The molecule has 0 aliphatic heterocycles. The molecule has 3 aromatic heterocycles. The molecule has 2 aromatic carbocycles. The molecule has 0 spiro atoms. The van der Waals surface area contributed by atoms with Gasteiger partial charge in [-0.3, -0.25) is 0 Å². The minimum absolute atomic E-state index is 0.114. The van der Waals surface area contributed by atoms with Gasteiger partial charge in [0.2, 0.25) is 5.88 Å². The van der Waals surface area contributed by atoms with E-state index in [0.29, 0.717) is 30.3 Å². The molecule has 0 atom stereocenters. The van der Waals surface area contributed by atoms with Crippen LogP contribution in [0.1, 0.15) is 42.9 Å². The van der Waals surface area contributed by atoms with E-state index in [2.05, 4.69) is 61.9 Å². The van der Waals surface area contributed by atoms with Gasteiger partial charge in [-0.05, 0) is 33.5 Å². The number of nitrogens with zero attached hydrogens (tertiary/aromatic N) is 7. The maximum absolute atomic E-state index is 11.0. The summed E-state index contributed by atoms with van der Waals surface area (Å²) in [5.74, 6) is 1.86. The number of hydrogen-bond acceptors (Lipinski definition) is 7. The van der Waals surface area contributed by atoms with E-state index in [1.807, 2.05) is 31.2 Å². The third-order valence-corrected chi connectivity index (χ3v) is 5.66. The summed E-state index contributed by atoms with van der Waals surface area (Å²) < 4.78 is 1.45. The average Bonchev–Trinajstić information content (AvgIpc) is 3.52. The van der Waals surface area contributed by atoms with Crippen LogP contribution in [0.25, 0.3) is 28.3 Å². The van der Waals surface area contributed by atoms with Gasteiger partial charge >= 0.3 is 0 Å². The van der Waals surface area contributed by atoms with Gasteiger partial charge in [-0.2, -0.15) is 9.50 Å². The number of rotatable bonds is 7. The van der Waals surface area contributed by atoms with Crippen LogP contribution >= 0.6 is 0 Å². The quantitative estimate of drug-likeness (QED) is 0.395. The Morgan fingerprint density at radius 1 is 0.970 bits per heavy atom. The first-order valence-corrected chi connectivity index (χ1v) is 11.1. The van der Waals surface area contributed by atoms with E-state index in [9.17, 15) is 5.11 Å². The van der Waals surface area contributed by atoms with E-state index in [-0.39, 0.29) is 5.88 Å². The molecule has 0 amide bonds. The molecule has 3 heterocycles. The van der Waals surface area contributed by atoms with Crippen molar-refractivity contribution in [2.45, 2.75) is 39.5 Å². The number of fused-ring (bicyclic) bond motifs is 1. The third-order valence-electron chi connectivity index (χ3n) is 5.66. The number of tetrazole rings is 1. The maximum Gasteiger partial charge on any atom is 0.255 e. The van der Waals surface area contributed by atoms with Crippen molar-refractivity contribution in [2.24, 2.45) is 0 Å². The smallest absolute Gasteiger partial charge is 0.255 e. The van der Waals surface area contributed by atoms with Crippen molar-refractivity contribution in [1.29, 1.82) is 0 Å². The molecule has 0 radical (unpaired) electrons. The molecule has 5 rings (SSSR count). The lowest BCUT2D eigenvalue weighted by atomic mass is 9.96. The van der Waals surface area contributed by atoms with Crippen molar-refractivity contribution < 1.29 is 5.11 Å². The largest absolute Gasteiger partial charge is 0.493 e. The molecular formula is C24H24N8O. The van der Waals surface area contributed by atoms with Gasteiger partial charge in [-0.25, -0.2) is 10.1 Å². The Bertz CT molecular complexity index is 1390. The van der Waals surface area contributed by atoms with Crippen LogP contribution in [0.3, 0.4) is 0 Å². The van der Waals surface area contributed by atoms with Crippen molar-refractivity contribution in [1.82, 2.24) is 40.2 Å². The number of aromatic amines is 1. The highest BCUT2D eigenvalue weighted by atomic mass is 16.3. The highest BCUT2D eigenvalue weighted by Gasteiger charge is 2.18. The zero-order valence-corrected chi connectivity index (χ0v) is 18.5. The highest BCUT2D eigenvalue weighted by molar-refractivity contribution is 5.80.